The first-order chi connectivity index (χ1) is 7.65. The first kappa shape index (κ1) is 13.5. The lowest BCUT2D eigenvalue weighted by Gasteiger charge is -2.39. The summed E-state index contributed by atoms with van der Waals surface area (Å²) in [6, 6.07) is 1.26. The molecule has 1 fully saturated rings. The zero-order valence-corrected chi connectivity index (χ0v) is 10.9. The maximum Gasteiger partial charge on any atom is 0.0574 e. The predicted molar refractivity (Wildman–Crippen MR) is 69.4 cm³/mol. The molecule has 0 aromatic rings. The van der Waals surface area contributed by atoms with E-state index in [9.17, 15) is 0 Å². The minimum absolute atomic E-state index is 0.586. The van der Waals surface area contributed by atoms with Crippen LogP contribution in [0.5, 0.6) is 0 Å². The minimum atomic E-state index is 0.586. The van der Waals surface area contributed by atoms with E-state index in [2.05, 4.69) is 41.8 Å². The fourth-order valence-electron chi connectivity index (χ4n) is 2.18. The molecule has 0 aromatic heterocycles. The maximum atomic E-state index is 5.21. The fourth-order valence-corrected chi connectivity index (χ4v) is 2.18. The molecule has 0 radical (unpaired) electrons. The van der Waals surface area contributed by atoms with Gasteiger partial charge >= 0.3 is 0 Å². The summed E-state index contributed by atoms with van der Waals surface area (Å²) in [5.74, 6) is 2.61. The van der Waals surface area contributed by atoms with E-state index in [1.165, 1.54) is 26.2 Å². The molecule has 3 heteroatoms. The van der Waals surface area contributed by atoms with Crippen molar-refractivity contribution in [3.05, 3.63) is 0 Å². The van der Waals surface area contributed by atoms with Crippen molar-refractivity contribution in [2.75, 3.05) is 39.3 Å². The molecule has 92 valence electrons. The summed E-state index contributed by atoms with van der Waals surface area (Å²) < 4.78 is 0. The van der Waals surface area contributed by atoms with E-state index >= 15 is 0 Å². The molecule has 0 aliphatic carbocycles. The van der Waals surface area contributed by atoms with Crippen LogP contribution in [0.25, 0.3) is 0 Å². The highest BCUT2D eigenvalue weighted by atomic mass is 15.3. The lowest BCUT2D eigenvalue weighted by atomic mass is 10.2. The minimum Gasteiger partial charge on any atom is -0.305 e. The lowest BCUT2D eigenvalue weighted by Crippen LogP contribution is -2.53. The van der Waals surface area contributed by atoms with Crippen molar-refractivity contribution in [2.45, 2.75) is 32.9 Å². The molecule has 3 nitrogen and oxygen atoms in total. The third-order valence-corrected chi connectivity index (χ3v) is 3.37. The van der Waals surface area contributed by atoms with Gasteiger partial charge in [-0.2, -0.15) is 0 Å². The third-order valence-electron chi connectivity index (χ3n) is 3.37. The number of nitrogens with zero attached hydrogens (tertiary/aromatic N) is 2. The highest BCUT2D eigenvalue weighted by Gasteiger charge is 2.21. The Bertz CT molecular complexity index is 224. The van der Waals surface area contributed by atoms with Crippen LogP contribution < -0.4 is 5.32 Å². The average Bonchev–Trinajstić information content (AvgIpc) is 2.29. The smallest absolute Gasteiger partial charge is 0.0574 e. The quantitative estimate of drug-likeness (QED) is 0.545. The van der Waals surface area contributed by atoms with Crippen LogP contribution >= 0.6 is 0 Å². The maximum absolute atomic E-state index is 5.21. The number of rotatable bonds is 5. The van der Waals surface area contributed by atoms with Gasteiger partial charge < -0.3 is 5.32 Å². The molecule has 0 aromatic carbocycles. The van der Waals surface area contributed by atoms with E-state index in [1.807, 2.05) is 0 Å². The molecule has 0 amide bonds. The second kappa shape index (κ2) is 6.90. The molecule has 1 aliphatic rings. The summed E-state index contributed by atoms with van der Waals surface area (Å²) in [5.41, 5.74) is 0. The normalized spacial score (nSPS) is 20.9. The van der Waals surface area contributed by atoms with Gasteiger partial charge in [-0.25, -0.2) is 0 Å². The van der Waals surface area contributed by atoms with Gasteiger partial charge in [0.1, 0.15) is 0 Å². The van der Waals surface area contributed by atoms with E-state index in [1.54, 1.807) is 0 Å². The van der Waals surface area contributed by atoms with Crippen molar-refractivity contribution in [1.29, 1.82) is 0 Å². The number of nitrogens with one attached hydrogen (secondary N) is 1. The highest BCUT2D eigenvalue weighted by Crippen LogP contribution is 2.08. The van der Waals surface area contributed by atoms with Crippen molar-refractivity contribution in [1.82, 2.24) is 15.1 Å². The third kappa shape index (κ3) is 4.13. The Balaban J connectivity index is 2.22. The Labute approximate surface area is 100 Å². The molecule has 1 N–H and O–H groups in total. The van der Waals surface area contributed by atoms with Gasteiger partial charge in [-0.1, -0.05) is 5.92 Å². The fraction of sp³-hybridized carbons (Fsp3) is 0.846. The highest BCUT2D eigenvalue weighted by molar-refractivity contribution is 4.87. The second-order valence-corrected chi connectivity index (χ2v) is 4.85. The van der Waals surface area contributed by atoms with Crippen LogP contribution in [0.15, 0.2) is 0 Å². The summed E-state index contributed by atoms with van der Waals surface area (Å²) in [4.78, 5) is 5.08. The summed E-state index contributed by atoms with van der Waals surface area (Å²) >= 11 is 0. The lowest BCUT2D eigenvalue weighted by molar-refractivity contribution is 0.0835. The van der Waals surface area contributed by atoms with Crippen LogP contribution in [0.3, 0.4) is 0 Å². The molecule has 0 saturated carbocycles. The Kier molecular flexibility index (Phi) is 5.83. The van der Waals surface area contributed by atoms with E-state index in [0.717, 1.165) is 6.54 Å². The van der Waals surface area contributed by atoms with Gasteiger partial charge in [0.2, 0.25) is 0 Å². The molecular weight excluding hydrogens is 198 g/mol. The first-order valence-electron chi connectivity index (χ1n) is 6.27. The van der Waals surface area contributed by atoms with Gasteiger partial charge in [0, 0.05) is 44.8 Å². The van der Waals surface area contributed by atoms with Gasteiger partial charge in [0.25, 0.3) is 0 Å². The van der Waals surface area contributed by atoms with Gasteiger partial charge in [0.05, 0.1) is 6.54 Å². The first-order valence-corrected chi connectivity index (χ1v) is 6.27. The topological polar surface area (TPSA) is 18.5 Å². The van der Waals surface area contributed by atoms with Crippen LogP contribution in [-0.4, -0.2) is 61.2 Å². The van der Waals surface area contributed by atoms with Gasteiger partial charge in [-0.05, 0) is 20.8 Å². The van der Waals surface area contributed by atoms with E-state index in [-0.39, 0.29) is 0 Å². The average molecular weight is 223 g/mol. The number of hydrogen-bond acceptors (Lipinski definition) is 3. The van der Waals surface area contributed by atoms with E-state index in [4.69, 9.17) is 6.42 Å². The van der Waals surface area contributed by atoms with Gasteiger partial charge in [-0.15, -0.1) is 6.42 Å². The molecular formula is C13H25N3. The molecule has 1 saturated heterocycles. The van der Waals surface area contributed by atoms with Gasteiger partial charge in [-0.3, -0.25) is 9.80 Å². The number of terminal acetylenes is 1. The van der Waals surface area contributed by atoms with Crippen molar-refractivity contribution < 1.29 is 0 Å². The van der Waals surface area contributed by atoms with Gasteiger partial charge in [0.15, 0.2) is 0 Å². The van der Waals surface area contributed by atoms with Crippen LogP contribution in [-0.2, 0) is 0 Å². The Morgan fingerprint density at radius 1 is 1.12 bits per heavy atom. The molecule has 0 bridgehead atoms. The standard InChI is InChI=1S/C13H25N3/c1-5-6-14-11-13(4)16-9-7-15(8-10-16)12(2)3/h1,12-14H,6-11H2,2-4H3. The van der Waals surface area contributed by atoms with Crippen molar-refractivity contribution >= 4 is 0 Å². The largest absolute Gasteiger partial charge is 0.305 e. The molecule has 1 atom stereocenters. The summed E-state index contributed by atoms with van der Waals surface area (Å²) in [6.45, 7) is 13.2. The van der Waals surface area contributed by atoms with Crippen LogP contribution in [0, 0.1) is 12.3 Å². The number of hydrogen-bond donors (Lipinski definition) is 1. The van der Waals surface area contributed by atoms with Crippen molar-refractivity contribution in [3.63, 3.8) is 0 Å². The van der Waals surface area contributed by atoms with Crippen LogP contribution in [0.4, 0.5) is 0 Å². The Morgan fingerprint density at radius 2 is 1.69 bits per heavy atom. The Hall–Kier alpha value is -0.560. The molecule has 1 aliphatic heterocycles. The van der Waals surface area contributed by atoms with Crippen molar-refractivity contribution in [2.24, 2.45) is 0 Å². The second-order valence-electron chi connectivity index (χ2n) is 4.85. The zero-order chi connectivity index (χ0) is 12.0. The molecule has 1 rings (SSSR count). The zero-order valence-electron chi connectivity index (χ0n) is 10.9. The van der Waals surface area contributed by atoms with Crippen LogP contribution in [0.2, 0.25) is 0 Å². The Morgan fingerprint density at radius 3 is 2.19 bits per heavy atom. The molecule has 16 heavy (non-hydrogen) atoms. The summed E-state index contributed by atoms with van der Waals surface area (Å²) in [6.07, 6.45) is 5.21. The van der Waals surface area contributed by atoms with Crippen molar-refractivity contribution in [3.8, 4) is 12.3 Å². The monoisotopic (exact) mass is 223 g/mol. The number of piperazine rings is 1. The summed E-state index contributed by atoms with van der Waals surface area (Å²) in [5, 5.41) is 3.27. The molecule has 0 spiro atoms. The van der Waals surface area contributed by atoms with E-state index < -0.39 is 0 Å². The molecule has 1 unspecified atom stereocenters. The van der Waals surface area contributed by atoms with Crippen LogP contribution in [0.1, 0.15) is 20.8 Å². The molecule has 1 heterocycles. The SMILES string of the molecule is C#CCNCC(C)N1CCN(C(C)C)CC1. The van der Waals surface area contributed by atoms with E-state index in [0.29, 0.717) is 18.6 Å². The summed E-state index contributed by atoms with van der Waals surface area (Å²) in [7, 11) is 0. The predicted octanol–water partition coefficient (Wildman–Crippen LogP) is 0.624.